The summed E-state index contributed by atoms with van der Waals surface area (Å²) in [6, 6.07) is 6.27. The van der Waals surface area contributed by atoms with Crippen LogP contribution >= 0.6 is 15.9 Å². The van der Waals surface area contributed by atoms with Crippen molar-refractivity contribution in [3.8, 4) is 5.75 Å². The number of rotatable bonds is 5. The largest absolute Gasteiger partial charge is 0.467 e. The zero-order valence-electron chi connectivity index (χ0n) is 12.9. The van der Waals surface area contributed by atoms with E-state index in [0.29, 0.717) is 21.3 Å². The van der Waals surface area contributed by atoms with Crippen LogP contribution < -0.4 is 9.46 Å². The van der Waals surface area contributed by atoms with Crippen LogP contribution in [0.4, 0.5) is 8.78 Å². The molecule has 134 valence electrons. The number of nitrogens with one attached hydrogen (secondary N) is 1. The van der Waals surface area contributed by atoms with E-state index >= 15 is 0 Å². The van der Waals surface area contributed by atoms with Gasteiger partial charge in [-0.25, -0.2) is 21.9 Å². The highest BCUT2D eigenvalue weighted by Gasteiger charge is 2.21. The summed E-state index contributed by atoms with van der Waals surface area (Å²) in [7, 11) is -4.03. The lowest BCUT2D eigenvalue weighted by molar-refractivity contribution is -0.0172. The van der Waals surface area contributed by atoms with Gasteiger partial charge in [-0.1, -0.05) is 15.9 Å². The van der Waals surface area contributed by atoms with Gasteiger partial charge in [-0.2, -0.15) is 0 Å². The van der Waals surface area contributed by atoms with Crippen LogP contribution in [-0.4, -0.2) is 21.8 Å². The maximum Gasteiger partial charge on any atom is 0.243 e. The molecule has 25 heavy (non-hydrogen) atoms. The summed E-state index contributed by atoms with van der Waals surface area (Å²) in [5, 5.41) is 0. The van der Waals surface area contributed by atoms with Crippen LogP contribution in [0.5, 0.6) is 5.75 Å². The van der Waals surface area contributed by atoms with Crippen molar-refractivity contribution in [1.29, 1.82) is 0 Å². The molecule has 9 heteroatoms. The molecule has 1 aliphatic heterocycles. The second-order valence-electron chi connectivity index (χ2n) is 5.39. The Bertz CT molecular complexity index is 905. The van der Waals surface area contributed by atoms with Crippen LogP contribution in [0.25, 0.3) is 0 Å². The van der Waals surface area contributed by atoms with Crippen molar-refractivity contribution < 1.29 is 26.7 Å². The maximum atomic E-state index is 13.8. The average Bonchev–Trinajstić information content (AvgIpc) is 2.56. The standard InChI is InChI=1S/C16H14BrF2NO4S/c17-12-1-2-14(19)15(7-12)25(21,22)20-4-3-10-5-13(18)6-11-8-23-9-24-16(10)11/h1-2,5-7,20H,3-4,8-9H2. The zero-order valence-corrected chi connectivity index (χ0v) is 15.3. The molecule has 3 rings (SSSR count). The summed E-state index contributed by atoms with van der Waals surface area (Å²) >= 11 is 3.11. The van der Waals surface area contributed by atoms with Gasteiger partial charge in [0.25, 0.3) is 0 Å². The molecule has 0 fully saturated rings. The van der Waals surface area contributed by atoms with Gasteiger partial charge >= 0.3 is 0 Å². The van der Waals surface area contributed by atoms with E-state index in [9.17, 15) is 17.2 Å². The first kappa shape index (κ1) is 18.2. The molecule has 0 unspecified atom stereocenters. The van der Waals surface area contributed by atoms with Crippen LogP contribution in [0.1, 0.15) is 11.1 Å². The fourth-order valence-electron chi connectivity index (χ4n) is 2.52. The molecule has 0 aromatic heterocycles. The molecule has 5 nitrogen and oxygen atoms in total. The topological polar surface area (TPSA) is 64.6 Å². The number of hydrogen-bond acceptors (Lipinski definition) is 4. The van der Waals surface area contributed by atoms with Gasteiger partial charge in [0.2, 0.25) is 10.0 Å². The van der Waals surface area contributed by atoms with Crippen LogP contribution in [-0.2, 0) is 27.8 Å². The van der Waals surface area contributed by atoms with E-state index in [4.69, 9.17) is 9.47 Å². The first-order valence-corrected chi connectivity index (χ1v) is 9.61. The number of fused-ring (bicyclic) bond motifs is 1. The molecule has 1 N–H and O–H groups in total. The highest BCUT2D eigenvalue weighted by Crippen LogP contribution is 2.29. The Labute approximate surface area is 152 Å². The maximum absolute atomic E-state index is 13.8. The Morgan fingerprint density at radius 1 is 1.20 bits per heavy atom. The Kier molecular flexibility index (Phi) is 5.38. The molecule has 0 saturated heterocycles. The van der Waals surface area contributed by atoms with Crippen LogP contribution in [0.2, 0.25) is 0 Å². The predicted octanol–water partition coefficient (Wildman–Crippen LogP) is 3.11. The number of sulfonamides is 1. The average molecular weight is 434 g/mol. The van der Waals surface area contributed by atoms with Gasteiger partial charge in [0, 0.05) is 16.6 Å². The van der Waals surface area contributed by atoms with Crippen molar-refractivity contribution in [2.24, 2.45) is 0 Å². The molecule has 0 saturated carbocycles. The summed E-state index contributed by atoms with van der Waals surface area (Å²) in [6.07, 6.45) is 0.189. The summed E-state index contributed by atoms with van der Waals surface area (Å²) < 4.78 is 65.2. The normalized spacial score (nSPS) is 14.0. The molecule has 1 heterocycles. The van der Waals surface area contributed by atoms with Crippen LogP contribution in [0, 0.1) is 11.6 Å². The van der Waals surface area contributed by atoms with Crippen LogP contribution in [0.15, 0.2) is 39.7 Å². The quantitative estimate of drug-likeness (QED) is 0.786. The zero-order chi connectivity index (χ0) is 18.0. The van der Waals surface area contributed by atoms with Gasteiger partial charge in [0.15, 0.2) is 6.79 Å². The molecule has 2 aromatic carbocycles. The van der Waals surface area contributed by atoms with E-state index in [1.807, 2.05) is 0 Å². The third kappa shape index (κ3) is 4.17. The summed E-state index contributed by atoms with van der Waals surface area (Å²) in [4.78, 5) is -0.451. The third-order valence-corrected chi connectivity index (χ3v) is 5.59. The van der Waals surface area contributed by atoms with Crippen molar-refractivity contribution >= 4 is 26.0 Å². The van der Waals surface area contributed by atoms with Gasteiger partial charge in [-0.3, -0.25) is 0 Å². The lowest BCUT2D eigenvalue weighted by Gasteiger charge is -2.21. The van der Waals surface area contributed by atoms with E-state index in [1.165, 1.54) is 24.3 Å². The Morgan fingerprint density at radius 2 is 2.00 bits per heavy atom. The molecule has 0 spiro atoms. The van der Waals surface area contributed by atoms with E-state index in [0.717, 1.165) is 6.07 Å². The van der Waals surface area contributed by atoms with Crippen molar-refractivity contribution in [3.63, 3.8) is 0 Å². The fraction of sp³-hybridized carbons (Fsp3) is 0.250. The minimum Gasteiger partial charge on any atom is -0.467 e. The molecule has 0 aliphatic carbocycles. The minimum absolute atomic E-state index is 0.0333. The number of ether oxygens (including phenoxy) is 2. The van der Waals surface area contributed by atoms with Crippen molar-refractivity contribution in [2.45, 2.75) is 17.9 Å². The Balaban J connectivity index is 1.75. The SMILES string of the molecule is O=S(=O)(NCCc1cc(F)cc2c1OCOC2)c1cc(Br)ccc1F. The van der Waals surface area contributed by atoms with E-state index in [1.54, 1.807) is 0 Å². The monoisotopic (exact) mass is 433 g/mol. The summed E-state index contributed by atoms with van der Waals surface area (Å²) in [6.45, 7) is 0.254. The molecule has 0 amide bonds. The number of halogens is 3. The molecular weight excluding hydrogens is 420 g/mol. The van der Waals surface area contributed by atoms with Gasteiger partial charge in [-0.05, 0) is 42.3 Å². The number of hydrogen-bond donors (Lipinski definition) is 1. The highest BCUT2D eigenvalue weighted by molar-refractivity contribution is 9.10. The molecule has 2 aromatic rings. The molecule has 1 aliphatic rings. The Morgan fingerprint density at radius 3 is 2.80 bits per heavy atom. The van der Waals surface area contributed by atoms with Gasteiger partial charge < -0.3 is 9.47 Å². The Hall–Kier alpha value is -1.55. The van der Waals surface area contributed by atoms with Gasteiger partial charge in [-0.15, -0.1) is 0 Å². The minimum atomic E-state index is -4.03. The first-order chi connectivity index (χ1) is 11.9. The van der Waals surface area contributed by atoms with Gasteiger partial charge in [0.1, 0.15) is 22.3 Å². The van der Waals surface area contributed by atoms with Crippen molar-refractivity contribution in [1.82, 2.24) is 4.72 Å². The lowest BCUT2D eigenvalue weighted by Crippen LogP contribution is -2.27. The second-order valence-corrected chi connectivity index (χ2v) is 8.04. The molecule has 0 radical (unpaired) electrons. The van der Waals surface area contributed by atoms with Crippen LogP contribution in [0.3, 0.4) is 0 Å². The van der Waals surface area contributed by atoms with Crippen molar-refractivity contribution in [2.75, 3.05) is 13.3 Å². The highest BCUT2D eigenvalue weighted by atomic mass is 79.9. The smallest absolute Gasteiger partial charge is 0.243 e. The summed E-state index contributed by atoms with van der Waals surface area (Å²) in [5.74, 6) is -0.802. The second kappa shape index (κ2) is 7.36. The third-order valence-electron chi connectivity index (χ3n) is 3.62. The van der Waals surface area contributed by atoms with E-state index in [2.05, 4.69) is 20.7 Å². The van der Waals surface area contributed by atoms with Gasteiger partial charge in [0.05, 0.1) is 6.61 Å². The van der Waals surface area contributed by atoms with E-state index in [-0.39, 0.29) is 26.4 Å². The first-order valence-electron chi connectivity index (χ1n) is 7.33. The van der Waals surface area contributed by atoms with E-state index < -0.39 is 26.6 Å². The molecule has 0 atom stereocenters. The molecule has 0 bridgehead atoms. The summed E-state index contributed by atoms with van der Waals surface area (Å²) in [5.41, 5.74) is 1.10. The predicted molar refractivity (Wildman–Crippen MR) is 89.7 cm³/mol. The molecular formula is C16H14BrF2NO4S. The number of benzene rings is 2. The van der Waals surface area contributed by atoms with Crippen molar-refractivity contribution in [3.05, 3.63) is 57.6 Å². The lowest BCUT2D eigenvalue weighted by atomic mass is 10.1. The fourth-order valence-corrected chi connectivity index (χ4v) is 4.17.